The Labute approximate surface area is 110 Å². The summed E-state index contributed by atoms with van der Waals surface area (Å²) in [4.78, 5) is 4.17. The Morgan fingerprint density at radius 2 is 2.00 bits per heavy atom. The van der Waals surface area contributed by atoms with Gasteiger partial charge in [0.25, 0.3) is 0 Å². The number of benzene rings is 1. The molecule has 0 aliphatic carbocycles. The average Bonchev–Trinajstić information content (AvgIpc) is 2.29. The lowest BCUT2D eigenvalue weighted by atomic mass is 10.2. The van der Waals surface area contributed by atoms with Crippen LogP contribution in [0.15, 0.2) is 30.5 Å². The molecule has 3 nitrogen and oxygen atoms in total. The second-order valence-electron chi connectivity index (χ2n) is 3.68. The van der Waals surface area contributed by atoms with E-state index in [2.05, 4.69) is 10.3 Å². The van der Waals surface area contributed by atoms with Crippen molar-refractivity contribution < 1.29 is 0 Å². The second kappa shape index (κ2) is 4.82. The van der Waals surface area contributed by atoms with Gasteiger partial charge < -0.3 is 11.1 Å². The second-order valence-corrected chi connectivity index (χ2v) is 4.52. The zero-order chi connectivity index (χ0) is 12.4. The van der Waals surface area contributed by atoms with Gasteiger partial charge in [-0.05, 0) is 36.8 Å². The van der Waals surface area contributed by atoms with Gasteiger partial charge in [-0.3, -0.25) is 0 Å². The van der Waals surface area contributed by atoms with E-state index in [1.165, 1.54) is 0 Å². The van der Waals surface area contributed by atoms with Crippen LogP contribution >= 0.6 is 23.2 Å². The predicted molar refractivity (Wildman–Crippen MR) is 73.1 cm³/mol. The first-order valence-electron chi connectivity index (χ1n) is 5.00. The number of halogens is 2. The van der Waals surface area contributed by atoms with E-state index in [4.69, 9.17) is 28.9 Å². The molecular formula is C12H11Cl2N3. The lowest BCUT2D eigenvalue weighted by Crippen LogP contribution is -1.97. The molecule has 0 bridgehead atoms. The molecule has 2 rings (SSSR count). The van der Waals surface area contributed by atoms with Gasteiger partial charge in [-0.15, -0.1) is 0 Å². The van der Waals surface area contributed by atoms with Crippen LogP contribution in [0.4, 0.5) is 17.2 Å². The monoisotopic (exact) mass is 267 g/mol. The first-order valence-corrected chi connectivity index (χ1v) is 5.76. The van der Waals surface area contributed by atoms with Crippen LogP contribution in [0, 0.1) is 6.92 Å². The fourth-order valence-corrected chi connectivity index (χ4v) is 1.70. The van der Waals surface area contributed by atoms with Crippen molar-refractivity contribution in [3.63, 3.8) is 0 Å². The Morgan fingerprint density at radius 3 is 2.71 bits per heavy atom. The van der Waals surface area contributed by atoms with E-state index in [0.717, 1.165) is 11.3 Å². The van der Waals surface area contributed by atoms with Crippen molar-refractivity contribution in [2.75, 3.05) is 11.1 Å². The van der Waals surface area contributed by atoms with Crippen LogP contribution in [-0.4, -0.2) is 4.98 Å². The summed E-state index contributed by atoms with van der Waals surface area (Å²) in [6.07, 6.45) is 1.61. The minimum atomic E-state index is 0.589. The third kappa shape index (κ3) is 2.81. The minimum Gasteiger partial charge on any atom is -0.397 e. The first kappa shape index (κ1) is 12.0. The number of rotatable bonds is 2. The summed E-state index contributed by atoms with van der Waals surface area (Å²) in [7, 11) is 0. The summed E-state index contributed by atoms with van der Waals surface area (Å²) in [5.41, 5.74) is 8.04. The van der Waals surface area contributed by atoms with Crippen molar-refractivity contribution in [1.82, 2.24) is 4.98 Å². The van der Waals surface area contributed by atoms with E-state index in [1.807, 2.05) is 13.0 Å². The van der Waals surface area contributed by atoms with E-state index in [-0.39, 0.29) is 0 Å². The minimum absolute atomic E-state index is 0.589. The van der Waals surface area contributed by atoms with Gasteiger partial charge >= 0.3 is 0 Å². The first-order chi connectivity index (χ1) is 8.06. The fraction of sp³-hybridized carbons (Fsp3) is 0.0833. The van der Waals surface area contributed by atoms with Crippen LogP contribution in [-0.2, 0) is 0 Å². The number of nitrogens with zero attached hydrogens (tertiary/aromatic N) is 1. The number of nitrogen functional groups attached to an aromatic ring is 1. The number of hydrogen-bond donors (Lipinski definition) is 2. The molecule has 0 saturated heterocycles. The van der Waals surface area contributed by atoms with Crippen LogP contribution in [0.1, 0.15) is 5.56 Å². The molecule has 0 radical (unpaired) electrons. The zero-order valence-electron chi connectivity index (χ0n) is 9.17. The Bertz CT molecular complexity index is 555. The van der Waals surface area contributed by atoms with Crippen molar-refractivity contribution in [3.05, 3.63) is 46.1 Å². The third-order valence-electron chi connectivity index (χ3n) is 2.34. The lowest BCUT2D eigenvalue weighted by Gasteiger charge is -2.09. The normalized spacial score (nSPS) is 10.3. The molecule has 2 aromatic rings. The topological polar surface area (TPSA) is 50.9 Å². The van der Waals surface area contributed by atoms with Crippen molar-refractivity contribution in [2.45, 2.75) is 6.92 Å². The number of anilines is 3. The third-order valence-corrected chi connectivity index (χ3v) is 2.91. The number of nitrogens with one attached hydrogen (secondary N) is 1. The Morgan fingerprint density at radius 1 is 1.24 bits per heavy atom. The molecule has 17 heavy (non-hydrogen) atoms. The highest BCUT2D eigenvalue weighted by Gasteiger charge is 2.03. The van der Waals surface area contributed by atoms with Gasteiger partial charge in [-0.2, -0.15) is 0 Å². The number of hydrogen-bond acceptors (Lipinski definition) is 3. The van der Waals surface area contributed by atoms with Crippen molar-refractivity contribution in [2.24, 2.45) is 0 Å². The van der Waals surface area contributed by atoms with Crippen molar-refractivity contribution >= 4 is 40.4 Å². The molecular weight excluding hydrogens is 257 g/mol. The lowest BCUT2D eigenvalue weighted by molar-refractivity contribution is 1.28. The van der Waals surface area contributed by atoms with E-state index < -0.39 is 0 Å². The maximum Gasteiger partial charge on any atom is 0.130 e. The van der Waals surface area contributed by atoms with Gasteiger partial charge in [-0.25, -0.2) is 4.98 Å². The summed E-state index contributed by atoms with van der Waals surface area (Å²) >= 11 is 11.9. The smallest absolute Gasteiger partial charge is 0.130 e. The molecule has 1 aromatic carbocycles. The molecule has 1 aromatic heterocycles. The van der Waals surface area contributed by atoms with E-state index in [1.54, 1.807) is 24.4 Å². The molecule has 0 amide bonds. The van der Waals surface area contributed by atoms with Gasteiger partial charge in [0, 0.05) is 5.02 Å². The maximum absolute atomic E-state index is 6.04. The Hall–Kier alpha value is -1.45. The van der Waals surface area contributed by atoms with Crippen LogP contribution in [0.2, 0.25) is 10.0 Å². The highest BCUT2D eigenvalue weighted by molar-refractivity contribution is 6.35. The van der Waals surface area contributed by atoms with E-state index >= 15 is 0 Å². The van der Waals surface area contributed by atoms with E-state index in [9.17, 15) is 0 Å². The Kier molecular flexibility index (Phi) is 3.41. The molecule has 0 spiro atoms. The van der Waals surface area contributed by atoms with Gasteiger partial charge in [0.05, 0.1) is 22.6 Å². The van der Waals surface area contributed by atoms with Crippen molar-refractivity contribution in [1.29, 1.82) is 0 Å². The molecule has 3 N–H and O–H groups in total. The SMILES string of the molecule is Cc1cc(Nc2cc(Cl)ccc2Cl)ncc1N. The van der Waals surface area contributed by atoms with E-state index in [0.29, 0.717) is 21.6 Å². The molecule has 0 aliphatic heterocycles. The fourth-order valence-electron chi connectivity index (χ4n) is 1.37. The zero-order valence-corrected chi connectivity index (χ0v) is 10.7. The van der Waals surface area contributed by atoms with Crippen LogP contribution < -0.4 is 11.1 Å². The number of pyridine rings is 1. The summed E-state index contributed by atoms with van der Waals surface area (Å²) < 4.78 is 0. The van der Waals surface area contributed by atoms with Crippen LogP contribution in [0.25, 0.3) is 0 Å². The largest absolute Gasteiger partial charge is 0.397 e. The average molecular weight is 268 g/mol. The molecule has 88 valence electrons. The van der Waals surface area contributed by atoms with Gasteiger partial charge in [0.15, 0.2) is 0 Å². The van der Waals surface area contributed by atoms with Gasteiger partial charge in [0.2, 0.25) is 0 Å². The number of aromatic nitrogens is 1. The molecule has 1 heterocycles. The van der Waals surface area contributed by atoms with Crippen LogP contribution in [0.5, 0.6) is 0 Å². The van der Waals surface area contributed by atoms with Gasteiger partial charge in [-0.1, -0.05) is 23.2 Å². The van der Waals surface area contributed by atoms with Crippen LogP contribution in [0.3, 0.4) is 0 Å². The summed E-state index contributed by atoms with van der Waals surface area (Å²) in [5, 5.41) is 4.30. The molecule has 0 fully saturated rings. The molecule has 0 atom stereocenters. The molecule has 0 saturated carbocycles. The molecule has 5 heteroatoms. The highest BCUT2D eigenvalue weighted by atomic mass is 35.5. The van der Waals surface area contributed by atoms with Crippen molar-refractivity contribution in [3.8, 4) is 0 Å². The summed E-state index contributed by atoms with van der Waals surface area (Å²) in [5.74, 6) is 0.681. The summed E-state index contributed by atoms with van der Waals surface area (Å²) in [6.45, 7) is 1.92. The summed E-state index contributed by atoms with van der Waals surface area (Å²) in [6, 6.07) is 7.07. The Balaban J connectivity index is 2.31. The highest BCUT2D eigenvalue weighted by Crippen LogP contribution is 2.28. The standard InChI is InChI=1S/C12H11Cl2N3/c1-7-4-12(16-6-10(7)15)17-11-5-8(13)2-3-9(11)14/h2-6H,15H2,1H3,(H,16,17). The number of nitrogens with two attached hydrogens (primary N) is 1. The number of aryl methyl sites for hydroxylation is 1. The van der Waals surface area contributed by atoms with Gasteiger partial charge in [0.1, 0.15) is 5.82 Å². The maximum atomic E-state index is 6.04. The molecule has 0 aliphatic rings. The quantitative estimate of drug-likeness (QED) is 0.864. The predicted octanol–water partition coefficient (Wildman–Crippen LogP) is 4.02. The molecule has 0 unspecified atom stereocenters.